The molecule has 0 bridgehead atoms. The van der Waals surface area contributed by atoms with Gasteiger partial charge in [-0.3, -0.25) is 9.59 Å². The maximum atomic E-state index is 12.6. The van der Waals surface area contributed by atoms with Crippen LogP contribution in [-0.2, 0) is 6.54 Å². The number of methoxy groups -OCH3 is 1. The van der Waals surface area contributed by atoms with Crippen LogP contribution in [0.3, 0.4) is 0 Å². The molecule has 0 saturated carbocycles. The third-order valence-corrected chi connectivity index (χ3v) is 4.74. The summed E-state index contributed by atoms with van der Waals surface area (Å²) < 4.78 is 12.3. The zero-order valence-corrected chi connectivity index (χ0v) is 16.4. The van der Waals surface area contributed by atoms with Crippen molar-refractivity contribution in [1.29, 1.82) is 0 Å². The molecule has 0 spiro atoms. The molecule has 9 nitrogen and oxygen atoms in total. The zero-order chi connectivity index (χ0) is 20.9. The van der Waals surface area contributed by atoms with Gasteiger partial charge >= 0.3 is 0 Å². The van der Waals surface area contributed by atoms with E-state index in [1.54, 1.807) is 19.2 Å². The SMILES string of the molecule is COc1ccccc1OCCNC(=O)c1nnn2c1C(=O)NC(c1ccccc1)C2. The monoisotopic (exact) mass is 407 g/mol. The molecule has 0 radical (unpaired) electrons. The second-order valence-electron chi connectivity index (χ2n) is 6.66. The smallest absolute Gasteiger partial charge is 0.274 e. The first-order chi connectivity index (χ1) is 14.7. The first kappa shape index (κ1) is 19.4. The molecule has 1 aromatic heterocycles. The predicted octanol–water partition coefficient (Wildman–Crippen LogP) is 1.58. The molecule has 1 atom stereocenters. The third kappa shape index (κ3) is 3.95. The summed E-state index contributed by atoms with van der Waals surface area (Å²) in [6, 6.07) is 16.6. The van der Waals surface area contributed by atoms with E-state index in [4.69, 9.17) is 9.47 Å². The highest BCUT2D eigenvalue weighted by atomic mass is 16.5. The van der Waals surface area contributed by atoms with Crippen LogP contribution < -0.4 is 20.1 Å². The second-order valence-corrected chi connectivity index (χ2v) is 6.66. The average Bonchev–Trinajstić information content (AvgIpc) is 3.22. The molecular formula is C21H21N5O4. The van der Waals surface area contributed by atoms with Crippen LogP contribution in [0.4, 0.5) is 0 Å². The van der Waals surface area contributed by atoms with Gasteiger partial charge in [0.15, 0.2) is 22.9 Å². The second kappa shape index (κ2) is 8.64. The van der Waals surface area contributed by atoms with Gasteiger partial charge in [-0.2, -0.15) is 0 Å². The van der Waals surface area contributed by atoms with Crippen molar-refractivity contribution in [3.8, 4) is 11.5 Å². The van der Waals surface area contributed by atoms with Crippen LogP contribution in [0.2, 0.25) is 0 Å². The summed E-state index contributed by atoms with van der Waals surface area (Å²) in [5.74, 6) is 0.339. The molecule has 2 amide bonds. The number of carbonyl (C=O) groups excluding carboxylic acids is 2. The Morgan fingerprint density at radius 2 is 1.90 bits per heavy atom. The molecule has 9 heteroatoms. The van der Waals surface area contributed by atoms with Gasteiger partial charge < -0.3 is 20.1 Å². The maximum Gasteiger partial charge on any atom is 0.274 e. The number of hydrogen-bond acceptors (Lipinski definition) is 6. The Morgan fingerprint density at radius 1 is 1.17 bits per heavy atom. The lowest BCUT2D eigenvalue weighted by atomic mass is 10.0. The highest BCUT2D eigenvalue weighted by Gasteiger charge is 2.32. The topological polar surface area (TPSA) is 107 Å². The Bertz CT molecular complexity index is 1050. The van der Waals surface area contributed by atoms with Crippen molar-refractivity contribution in [3.63, 3.8) is 0 Å². The van der Waals surface area contributed by atoms with E-state index < -0.39 is 5.91 Å². The van der Waals surface area contributed by atoms with E-state index in [0.717, 1.165) is 5.56 Å². The summed E-state index contributed by atoms with van der Waals surface area (Å²) in [5.41, 5.74) is 1.12. The molecule has 30 heavy (non-hydrogen) atoms. The number of fused-ring (bicyclic) bond motifs is 1. The number of hydrogen-bond donors (Lipinski definition) is 2. The quantitative estimate of drug-likeness (QED) is 0.576. The number of rotatable bonds is 7. The van der Waals surface area contributed by atoms with Gasteiger partial charge in [0.1, 0.15) is 6.61 Å². The van der Waals surface area contributed by atoms with Crippen LogP contribution in [0.5, 0.6) is 11.5 Å². The number of benzene rings is 2. The minimum absolute atomic E-state index is 0.00342. The number of para-hydroxylation sites is 2. The van der Waals surface area contributed by atoms with E-state index in [2.05, 4.69) is 20.9 Å². The Labute approximate surface area is 173 Å². The molecule has 1 aliphatic heterocycles. The molecule has 2 heterocycles. The third-order valence-electron chi connectivity index (χ3n) is 4.74. The summed E-state index contributed by atoms with van der Waals surface area (Å²) in [5, 5.41) is 13.5. The summed E-state index contributed by atoms with van der Waals surface area (Å²) in [6.07, 6.45) is 0. The zero-order valence-electron chi connectivity index (χ0n) is 16.4. The predicted molar refractivity (Wildman–Crippen MR) is 107 cm³/mol. The number of aromatic nitrogens is 3. The van der Waals surface area contributed by atoms with Gasteiger partial charge in [-0.15, -0.1) is 5.10 Å². The lowest BCUT2D eigenvalue weighted by molar-refractivity contribution is 0.0875. The lowest BCUT2D eigenvalue weighted by Gasteiger charge is -2.24. The largest absolute Gasteiger partial charge is 0.493 e. The maximum absolute atomic E-state index is 12.6. The number of carbonyl (C=O) groups is 2. The van der Waals surface area contributed by atoms with Gasteiger partial charge in [-0.25, -0.2) is 4.68 Å². The number of amides is 2. The summed E-state index contributed by atoms with van der Waals surface area (Å²) in [7, 11) is 1.56. The molecule has 2 N–H and O–H groups in total. The van der Waals surface area contributed by atoms with Crippen molar-refractivity contribution in [2.75, 3.05) is 20.3 Å². The van der Waals surface area contributed by atoms with Crippen LogP contribution in [0.25, 0.3) is 0 Å². The molecule has 0 fully saturated rings. The summed E-state index contributed by atoms with van der Waals surface area (Å²) in [4.78, 5) is 25.1. The van der Waals surface area contributed by atoms with E-state index >= 15 is 0 Å². The molecule has 1 unspecified atom stereocenters. The van der Waals surface area contributed by atoms with Gasteiger partial charge in [0.05, 0.1) is 26.2 Å². The lowest BCUT2D eigenvalue weighted by Crippen LogP contribution is -2.40. The first-order valence-corrected chi connectivity index (χ1v) is 9.50. The van der Waals surface area contributed by atoms with E-state index in [0.29, 0.717) is 18.0 Å². The van der Waals surface area contributed by atoms with Crippen LogP contribution >= 0.6 is 0 Å². The summed E-state index contributed by atoms with van der Waals surface area (Å²) >= 11 is 0. The molecular weight excluding hydrogens is 386 g/mol. The van der Waals surface area contributed by atoms with Gasteiger partial charge in [-0.05, 0) is 17.7 Å². The fraction of sp³-hybridized carbons (Fsp3) is 0.238. The number of nitrogens with zero attached hydrogens (tertiary/aromatic N) is 3. The Balaban J connectivity index is 1.37. The molecule has 154 valence electrons. The van der Waals surface area contributed by atoms with Crippen molar-refractivity contribution in [2.45, 2.75) is 12.6 Å². The normalized spacial score (nSPS) is 15.1. The van der Waals surface area contributed by atoms with Gasteiger partial charge in [-0.1, -0.05) is 47.7 Å². The van der Waals surface area contributed by atoms with Crippen molar-refractivity contribution in [2.24, 2.45) is 0 Å². The molecule has 1 aliphatic rings. The van der Waals surface area contributed by atoms with Crippen LogP contribution in [0, 0.1) is 0 Å². The van der Waals surface area contributed by atoms with Crippen molar-refractivity contribution >= 4 is 11.8 Å². The van der Waals surface area contributed by atoms with Gasteiger partial charge in [0.25, 0.3) is 11.8 Å². The van der Waals surface area contributed by atoms with E-state index in [1.165, 1.54) is 4.68 Å². The van der Waals surface area contributed by atoms with Crippen LogP contribution in [0.1, 0.15) is 32.6 Å². The van der Waals surface area contributed by atoms with Gasteiger partial charge in [0, 0.05) is 0 Å². The molecule has 0 aliphatic carbocycles. The van der Waals surface area contributed by atoms with Crippen LogP contribution in [-0.4, -0.2) is 47.1 Å². The number of ether oxygens (including phenoxy) is 2. The van der Waals surface area contributed by atoms with Gasteiger partial charge in [0.2, 0.25) is 0 Å². The molecule has 2 aromatic carbocycles. The Morgan fingerprint density at radius 3 is 2.67 bits per heavy atom. The highest BCUT2D eigenvalue weighted by molar-refractivity contribution is 6.05. The van der Waals surface area contributed by atoms with Crippen molar-refractivity contribution in [1.82, 2.24) is 25.6 Å². The van der Waals surface area contributed by atoms with E-state index in [-0.39, 0.29) is 36.5 Å². The molecule has 0 saturated heterocycles. The highest BCUT2D eigenvalue weighted by Crippen LogP contribution is 2.25. The standard InChI is InChI=1S/C21H21N5O4/c1-29-16-9-5-6-10-17(16)30-12-11-22-20(27)18-19-21(28)23-15(13-26(19)25-24-18)14-7-3-2-4-8-14/h2-10,15H,11-13H2,1H3,(H,22,27)(H,23,28). The fourth-order valence-electron chi connectivity index (χ4n) is 3.29. The van der Waals surface area contributed by atoms with Crippen molar-refractivity contribution in [3.05, 3.63) is 71.5 Å². The van der Waals surface area contributed by atoms with Crippen LogP contribution in [0.15, 0.2) is 54.6 Å². The minimum atomic E-state index is -0.479. The fourth-order valence-corrected chi connectivity index (χ4v) is 3.29. The molecule has 4 rings (SSSR count). The Hall–Kier alpha value is -3.88. The minimum Gasteiger partial charge on any atom is -0.493 e. The van der Waals surface area contributed by atoms with Crippen molar-refractivity contribution < 1.29 is 19.1 Å². The first-order valence-electron chi connectivity index (χ1n) is 9.50. The average molecular weight is 407 g/mol. The van der Waals surface area contributed by atoms with E-state index in [9.17, 15) is 9.59 Å². The summed E-state index contributed by atoms with van der Waals surface area (Å²) in [6.45, 7) is 0.873. The van der Waals surface area contributed by atoms with E-state index in [1.807, 2.05) is 42.5 Å². The molecule has 3 aromatic rings. The number of nitrogens with one attached hydrogen (secondary N) is 2. The Kier molecular flexibility index (Phi) is 5.60.